The second-order valence-corrected chi connectivity index (χ2v) is 5.85. The number of rotatable bonds is 8. The largest absolute Gasteiger partial charge is 0.329 e. The van der Waals surface area contributed by atoms with Crippen molar-refractivity contribution in [2.45, 2.75) is 45.2 Å². The molecule has 0 aliphatic rings. The van der Waals surface area contributed by atoms with Crippen LogP contribution in [0.15, 0.2) is 28.7 Å². The molecule has 1 aromatic rings. The molecule has 0 aromatic heterocycles. The minimum absolute atomic E-state index is 0.496. The minimum atomic E-state index is 0.496. The van der Waals surface area contributed by atoms with Gasteiger partial charge in [-0.1, -0.05) is 54.2 Å². The minimum Gasteiger partial charge on any atom is -0.329 e. The maximum absolute atomic E-state index is 5.89. The molecule has 1 unspecified atom stereocenters. The van der Waals surface area contributed by atoms with Gasteiger partial charge in [0, 0.05) is 23.6 Å². The second kappa shape index (κ2) is 8.68. The monoisotopic (exact) mass is 312 g/mol. The van der Waals surface area contributed by atoms with Gasteiger partial charge < -0.3 is 5.73 Å². The third-order valence-electron chi connectivity index (χ3n) is 3.36. The van der Waals surface area contributed by atoms with Gasteiger partial charge in [-0.2, -0.15) is 0 Å². The highest BCUT2D eigenvalue weighted by Gasteiger charge is 2.12. The zero-order valence-electron chi connectivity index (χ0n) is 11.5. The van der Waals surface area contributed by atoms with E-state index in [1.807, 2.05) is 0 Å². The summed E-state index contributed by atoms with van der Waals surface area (Å²) >= 11 is 3.51. The van der Waals surface area contributed by atoms with E-state index in [0.717, 1.165) is 17.6 Å². The highest BCUT2D eigenvalue weighted by Crippen LogP contribution is 2.15. The van der Waals surface area contributed by atoms with E-state index in [9.17, 15) is 0 Å². The molecule has 102 valence electrons. The fraction of sp³-hybridized carbons (Fsp3) is 0.600. The molecule has 18 heavy (non-hydrogen) atoms. The molecule has 1 rings (SSSR count). The molecule has 3 heteroatoms. The lowest BCUT2D eigenvalue weighted by Crippen LogP contribution is -2.37. The summed E-state index contributed by atoms with van der Waals surface area (Å²) in [5.74, 6) is 0. The zero-order chi connectivity index (χ0) is 13.4. The maximum Gasteiger partial charge on any atom is 0.0234 e. The smallest absolute Gasteiger partial charge is 0.0234 e. The molecular weight excluding hydrogens is 288 g/mol. The van der Waals surface area contributed by atoms with Crippen LogP contribution in [0.25, 0.3) is 0 Å². The van der Waals surface area contributed by atoms with Crippen LogP contribution in [0.4, 0.5) is 0 Å². The first-order valence-electron chi connectivity index (χ1n) is 6.82. The maximum atomic E-state index is 5.89. The van der Waals surface area contributed by atoms with E-state index in [1.54, 1.807) is 0 Å². The predicted molar refractivity (Wildman–Crippen MR) is 82.6 cm³/mol. The molecule has 2 nitrogen and oxygen atoms in total. The van der Waals surface area contributed by atoms with E-state index in [0.29, 0.717) is 6.04 Å². The van der Waals surface area contributed by atoms with Crippen molar-refractivity contribution in [1.29, 1.82) is 0 Å². The van der Waals surface area contributed by atoms with E-state index in [2.05, 4.69) is 59.1 Å². The number of hydrogen-bond donors (Lipinski definition) is 1. The van der Waals surface area contributed by atoms with Gasteiger partial charge in [-0.3, -0.25) is 4.90 Å². The average Bonchev–Trinajstić information content (AvgIpc) is 2.34. The first-order valence-corrected chi connectivity index (χ1v) is 7.61. The second-order valence-electron chi connectivity index (χ2n) is 4.93. The Hall–Kier alpha value is -0.380. The highest BCUT2D eigenvalue weighted by atomic mass is 79.9. The van der Waals surface area contributed by atoms with Crippen molar-refractivity contribution in [2.75, 3.05) is 13.6 Å². The summed E-state index contributed by atoms with van der Waals surface area (Å²) in [7, 11) is 2.17. The summed E-state index contributed by atoms with van der Waals surface area (Å²) in [6, 6.07) is 8.99. The van der Waals surface area contributed by atoms with Gasteiger partial charge in [-0.15, -0.1) is 0 Å². The van der Waals surface area contributed by atoms with Crippen LogP contribution >= 0.6 is 15.9 Å². The van der Waals surface area contributed by atoms with E-state index < -0.39 is 0 Å². The number of nitrogens with two attached hydrogens (primary N) is 1. The Labute approximate surface area is 120 Å². The van der Waals surface area contributed by atoms with Gasteiger partial charge in [0.05, 0.1) is 0 Å². The first kappa shape index (κ1) is 15.7. The Morgan fingerprint density at radius 1 is 1.33 bits per heavy atom. The van der Waals surface area contributed by atoms with E-state index in [4.69, 9.17) is 5.73 Å². The topological polar surface area (TPSA) is 29.3 Å². The van der Waals surface area contributed by atoms with Gasteiger partial charge in [0.1, 0.15) is 0 Å². The third-order valence-corrected chi connectivity index (χ3v) is 3.85. The van der Waals surface area contributed by atoms with Gasteiger partial charge in [0.15, 0.2) is 0 Å². The Kier molecular flexibility index (Phi) is 7.56. The number of halogens is 1. The van der Waals surface area contributed by atoms with Crippen LogP contribution in [0.1, 0.15) is 38.2 Å². The van der Waals surface area contributed by atoms with Crippen molar-refractivity contribution in [1.82, 2.24) is 4.90 Å². The Morgan fingerprint density at radius 2 is 2.11 bits per heavy atom. The highest BCUT2D eigenvalue weighted by molar-refractivity contribution is 9.10. The molecule has 0 amide bonds. The van der Waals surface area contributed by atoms with Crippen LogP contribution < -0.4 is 5.73 Å². The normalized spacial score (nSPS) is 12.9. The summed E-state index contributed by atoms with van der Waals surface area (Å²) in [4.78, 5) is 2.37. The summed E-state index contributed by atoms with van der Waals surface area (Å²) in [5, 5.41) is 0. The van der Waals surface area contributed by atoms with Crippen molar-refractivity contribution >= 4 is 15.9 Å². The van der Waals surface area contributed by atoms with Gasteiger partial charge in [-0.05, 0) is 31.2 Å². The fourth-order valence-electron chi connectivity index (χ4n) is 2.20. The van der Waals surface area contributed by atoms with Crippen molar-refractivity contribution in [3.05, 3.63) is 34.3 Å². The fourth-order valence-corrected chi connectivity index (χ4v) is 2.65. The van der Waals surface area contributed by atoms with Crippen LogP contribution in [-0.4, -0.2) is 24.5 Å². The van der Waals surface area contributed by atoms with Gasteiger partial charge in [0.25, 0.3) is 0 Å². The first-order chi connectivity index (χ1) is 8.67. The van der Waals surface area contributed by atoms with Crippen LogP contribution in [0, 0.1) is 0 Å². The van der Waals surface area contributed by atoms with Crippen LogP contribution in [0.5, 0.6) is 0 Å². The molecule has 0 radical (unpaired) electrons. The van der Waals surface area contributed by atoms with Gasteiger partial charge in [0.2, 0.25) is 0 Å². The lowest BCUT2D eigenvalue weighted by atomic mass is 10.1. The lowest BCUT2D eigenvalue weighted by Gasteiger charge is -2.27. The molecule has 0 fully saturated rings. The van der Waals surface area contributed by atoms with Crippen molar-refractivity contribution in [3.8, 4) is 0 Å². The number of hydrogen-bond acceptors (Lipinski definition) is 2. The van der Waals surface area contributed by atoms with Crippen molar-refractivity contribution in [2.24, 2.45) is 5.73 Å². The Balaban J connectivity index is 2.48. The summed E-state index contributed by atoms with van der Waals surface area (Å²) < 4.78 is 1.14. The summed E-state index contributed by atoms with van der Waals surface area (Å²) in [6.45, 7) is 3.95. The number of likely N-dealkylation sites (N-methyl/N-ethyl adjacent to an activating group) is 1. The molecule has 0 heterocycles. The number of unbranched alkanes of at least 4 members (excludes halogenated alkanes) is 2. The summed E-state index contributed by atoms with van der Waals surface area (Å²) in [6.07, 6.45) is 5.06. The SMILES string of the molecule is CCCCCC(CN)N(C)Cc1cccc(Br)c1. The Morgan fingerprint density at radius 3 is 2.72 bits per heavy atom. The lowest BCUT2D eigenvalue weighted by molar-refractivity contribution is 0.223. The molecule has 0 aliphatic heterocycles. The van der Waals surface area contributed by atoms with Crippen molar-refractivity contribution in [3.63, 3.8) is 0 Å². The van der Waals surface area contributed by atoms with Crippen LogP contribution in [0.2, 0.25) is 0 Å². The Bertz CT molecular complexity index is 341. The molecule has 1 atom stereocenters. The average molecular weight is 313 g/mol. The molecule has 0 bridgehead atoms. The molecule has 0 saturated carbocycles. The number of benzene rings is 1. The summed E-state index contributed by atoms with van der Waals surface area (Å²) in [5.41, 5.74) is 7.22. The quantitative estimate of drug-likeness (QED) is 0.740. The number of nitrogens with zero attached hydrogens (tertiary/aromatic N) is 1. The van der Waals surface area contributed by atoms with Crippen molar-refractivity contribution < 1.29 is 0 Å². The standard InChI is InChI=1S/C15H25BrN2/c1-3-4-5-9-15(11-17)18(2)12-13-7-6-8-14(16)10-13/h6-8,10,15H,3-5,9,11-12,17H2,1-2H3. The molecular formula is C15H25BrN2. The van der Waals surface area contributed by atoms with E-state index in [1.165, 1.54) is 31.2 Å². The van der Waals surface area contributed by atoms with Gasteiger partial charge >= 0.3 is 0 Å². The van der Waals surface area contributed by atoms with Gasteiger partial charge in [-0.25, -0.2) is 0 Å². The molecule has 0 aliphatic carbocycles. The molecule has 0 spiro atoms. The molecule has 2 N–H and O–H groups in total. The van der Waals surface area contributed by atoms with Crippen LogP contribution in [-0.2, 0) is 6.54 Å². The van der Waals surface area contributed by atoms with E-state index in [-0.39, 0.29) is 0 Å². The predicted octanol–water partition coefficient (Wildman–Crippen LogP) is 3.79. The van der Waals surface area contributed by atoms with E-state index >= 15 is 0 Å². The van der Waals surface area contributed by atoms with Crippen LogP contribution in [0.3, 0.4) is 0 Å². The third kappa shape index (κ3) is 5.51. The molecule has 0 saturated heterocycles. The molecule has 1 aromatic carbocycles. The zero-order valence-corrected chi connectivity index (χ0v) is 13.1.